The molecule has 9 heteroatoms. The SMILES string of the molecule is CCOc1c(Cl)cc(/C=C/C(=O)NC2CCCN(S(C)(=O)=O)C2)cc1OC. The molecule has 1 aromatic carbocycles. The topological polar surface area (TPSA) is 84.9 Å². The van der Waals surface area contributed by atoms with Gasteiger partial charge in [-0.2, -0.15) is 0 Å². The predicted octanol–water partition coefficient (Wildman–Crippen LogP) is 2.30. The molecule has 1 heterocycles. The molecule has 0 saturated carbocycles. The van der Waals surface area contributed by atoms with Crippen molar-refractivity contribution in [3.05, 3.63) is 28.8 Å². The lowest BCUT2D eigenvalue weighted by Crippen LogP contribution is -2.48. The van der Waals surface area contributed by atoms with Crippen molar-refractivity contribution in [2.45, 2.75) is 25.8 Å². The Balaban J connectivity index is 2.03. The molecular formula is C18H25ClN2O5S. The Hall–Kier alpha value is -1.77. The number of methoxy groups -OCH3 is 1. The van der Waals surface area contributed by atoms with Crippen molar-refractivity contribution < 1.29 is 22.7 Å². The highest BCUT2D eigenvalue weighted by atomic mass is 35.5. The molecule has 1 unspecified atom stereocenters. The summed E-state index contributed by atoms with van der Waals surface area (Å²) in [7, 11) is -1.73. The molecule has 0 aromatic heterocycles. The van der Waals surface area contributed by atoms with Crippen molar-refractivity contribution in [2.75, 3.05) is 33.1 Å². The lowest BCUT2D eigenvalue weighted by atomic mass is 10.1. The number of nitrogens with zero attached hydrogens (tertiary/aromatic N) is 1. The predicted molar refractivity (Wildman–Crippen MR) is 106 cm³/mol. The van der Waals surface area contributed by atoms with E-state index >= 15 is 0 Å². The molecule has 0 bridgehead atoms. The summed E-state index contributed by atoms with van der Waals surface area (Å²) in [5.74, 6) is 0.658. The van der Waals surface area contributed by atoms with E-state index in [0.717, 1.165) is 6.42 Å². The number of amides is 1. The van der Waals surface area contributed by atoms with E-state index in [2.05, 4.69) is 5.32 Å². The molecule has 1 aliphatic heterocycles. The number of hydrogen-bond donors (Lipinski definition) is 1. The van der Waals surface area contributed by atoms with Crippen LogP contribution in [0.25, 0.3) is 6.08 Å². The van der Waals surface area contributed by atoms with Crippen LogP contribution >= 0.6 is 11.6 Å². The third-order valence-electron chi connectivity index (χ3n) is 4.17. The van der Waals surface area contributed by atoms with Crippen LogP contribution in [0.15, 0.2) is 18.2 Å². The smallest absolute Gasteiger partial charge is 0.244 e. The molecule has 1 fully saturated rings. The van der Waals surface area contributed by atoms with Crippen molar-refractivity contribution in [3.63, 3.8) is 0 Å². The Morgan fingerprint density at radius 1 is 1.44 bits per heavy atom. The molecule has 1 saturated heterocycles. The van der Waals surface area contributed by atoms with Crippen molar-refractivity contribution in [1.82, 2.24) is 9.62 Å². The minimum Gasteiger partial charge on any atom is -0.493 e. The number of sulfonamides is 1. The van der Waals surface area contributed by atoms with Gasteiger partial charge in [0.05, 0.1) is 25.0 Å². The quantitative estimate of drug-likeness (QED) is 0.689. The molecule has 1 amide bonds. The normalized spacial score (nSPS) is 18.4. The summed E-state index contributed by atoms with van der Waals surface area (Å²) >= 11 is 6.22. The number of carbonyl (C=O) groups excluding carboxylic acids is 1. The zero-order chi connectivity index (χ0) is 20.0. The van der Waals surface area contributed by atoms with Gasteiger partial charge in [-0.25, -0.2) is 12.7 Å². The number of carbonyl (C=O) groups is 1. The van der Waals surface area contributed by atoms with Crippen molar-refractivity contribution >= 4 is 33.6 Å². The van der Waals surface area contributed by atoms with Gasteiger partial charge in [0, 0.05) is 25.2 Å². The standard InChI is InChI=1S/C18H25ClN2O5S/c1-4-26-18-15(19)10-13(11-16(18)25-2)7-8-17(22)20-14-6-5-9-21(12-14)27(3,23)24/h7-8,10-11,14H,4-6,9,12H2,1-3H3,(H,20,22)/b8-7+. The van der Waals surface area contributed by atoms with Gasteiger partial charge in [0.15, 0.2) is 11.5 Å². The van der Waals surface area contributed by atoms with E-state index in [9.17, 15) is 13.2 Å². The van der Waals surface area contributed by atoms with Crippen molar-refractivity contribution in [1.29, 1.82) is 0 Å². The molecule has 150 valence electrons. The van der Waals surface area contributed by atoms with Crippen LogP contribution in [0.1, 0.15) is 25.3 Å². The summed E-state index contributed by atoms with van der Waals surface area (Å²) in [6.45, 7) is 3.09. The Bertz CT molecular complexity index is 810. The second kappa shape index (κ2) is 9.43. The Labute approximate surface area is 165 Å². The van der Waals surface area contributed by atoms with Gasteiger partial charge in [-0.1, -0.05) is 11.6 Å². The number of rotatable bonds is 7. The summed E-state index contributed by atoms with van der Waals surface area (Å²) < 4.78 is 35.5. The van der Waals surface area contributed by atoms with Gasteiger partial charge in [0.2, 0.25) is 15.9 Å². The summed E-state index contributed by atoms with van der Waals surface area (Å²) in [5, 5.41) is 3.24. The summed E-state index contributed by atoms with van der Waals surface area (Å²) in [4.78, 5) is 12.2. The van der Waals surface area contributed by atoms with E-state index in [1.807, 2.05) is 6.92 Å². The molecule has 1 atom stereocenters. The Kier molecular flexibility index (Phi) is 7.52. The fourth-order valence-electron chi connectivity index (χ4n) is 2.90. The van der Waals surface area contributed by atoms with E-state index in [-0.39, 0.29) is 11.9 Å². The van der Waals surface area contributed by atoms with Crippen LogP contribution < -0.4 is 14.8 Å². The number of ether oxygens (including phenoxy) is 2. The first-order valence-corrected chi connectivity index (χ1v) is 10.9. The first kappa shape index (κ1) is 21.5. The van der Waals surface area contributed by atoms with Gasteiger partial charge in [0.1, 0.15) is 0 Å². The van der Waals surface area contributed by atoms with Crippen LogP contribution in [-0.4, -0.2) is 57.7 Å². The zero-order valence-electron chi connectivity index (χ0n) is 15.7. The average Bonchev–Trinajstić information content (AvgIpc) is 2.61. The van der Waals surface area contributed by atoms with Gasteiger partial charge in [-0.15, -0.1) is 0 Å². The second-order valence-corrected chi connectivity index (χ2v) is 8.66. The summed E-state index contributed by atoms with van der Waals surface area (Å²) in [6, 6.07) is 3.21. The third kappa shape index (κ3) is 6.12. The maximum Gasteiger partial charge on any atom is 0.244 e. The number of piperidine rings is 1. The average molecular weight is 417 g/mol. The molecule has 1 N–H and O–H groups in total. The van der Waals surface area contributed by atoms with Crippen LogP contribution in [0, 0.1) is 0 Å². The van der Waals surface area contributed by atoms with Crippen LogP contribution in [0.3, 0.4) is 0 Å². The van der Waals surface area contributed by atoms with Crippen LogP contribution in [0.5, 0.6) is 11.5 Å². The van der Waals surface area contributed by atoms with E-state index in [4.69, 9.17) is 21.1 Å². The number of nitrogens with one attached hydrogen (secondary N) is 1. The van der Waals surface area contributed by atoms with E-state index in [0.29, 0.717) is 48.2 Å². The lowest BCUT2D eigenvalue weighted by Gasteiger charge is -2.31. The fourth-order valence-corrected chi connectivity index (χ4v) is 4.09. The van der Waals surface area contributed by atoms with Crippen LogP contribution in [0.2, 0.25) is 5.02 Å². The first-order chi connectivity index (χ1) is 12.7. The maximum atomic E-state index is 12.2. The largest absolute Gasteiger partial charge is 0.493 e. The van der Waals surface area contributed by atoms with Gasteiger partial charge in [-0.3, -0.25) is 4.79 Å². The maximum absolute atomic E-state index is 12.2. The molecule has 1 aromatic rings. The highest BCUT2D eigenvalue weighted by molar-refractivity contribution is 7.88. The molecule has 27 heavy (non-hydrogen) atoms. The zero-order valence-corrected chi connectivity index (χ0v) is 17.3. The molecule has 2 rings (SSSR count). The Morgan fingerprint density at radius 2 is 2.19 bits per heavy atom. The number of halogens is 1. The monoisotopic (exact) mass is 416 g/mol. The summed E-state index contributed by atoms with van der Waals surface area (Å²) in [6.07, 6.45) is 5.66. The number of hydrogen-bond acceptors (Lipinski definition) is 5. The lowest BCUT2D eigenvalue weighted by molar-refractivity contribution is -0.117. The van der Waals surface area contributed by atoms with E-state index < -0.39 is 10.0 Å². The van der Waals surface area contributed by atoms with E-state index in [1.54, 1.807) is 18.2 Å². The van der Waals surface area contributed by atoms with Gasteiger partial charge >= 0.3 is 0 Å². The van der Waals surface area contributed by atoms with Crippen molar-refractivity contribution in [3.8, 4) is 11.5 Å². The molecule has 0 radical (unpaired) electrons. The van der Waals surface area contributed by atoms with Gasteiger partial charge in [-0.05, 0) is 43.5 Å². The molecule has 7 nitrogen and oxygen atoms in total. The Morgan fingerprint density at radius 3 is 2.81 bits per heavy atom. The summed E-state index contributed by atoms with van der Waals surface area (Å²) in [5.41, 5.74) is 0.692. The molecular weight excluding hydrogens is 392 g/mol. The molecule has 1 aliphatic rings. The van der Waals surface area contributed by atoms with Crippen LogP contribution in [0.4, 0.5) is 0 Å². The number of benzene rings is 1. The fraction of sp³-hybridized carbons (Fsp3) is 0.500. The highest BCUT2D eigenvalue weighted by Gasteiger charge is 2.26. The molecule has 0 spiro atoms. The molecule has 0 aliphatic carbocycles. The minimum absolute atomic E-state index is 0.205. The second-order valence-electron chi connectivity index (χ2n) is 6.27. The first-order valence-electron chi connectivity index (χ1n) is 8.68. The minimum atomic E-state index is -3.25. The van der Waals surface area contributed by atoms with Crippen molar-refractivity contribution in [2.24, 2.45) is 0 Å². The third-order valence-corrected chi connectivity index (χ3v) is 5.72. The van der Waals surface area contributed by atoms with Crippen LogP contribution in [-0.2, 0) is 14.8 Å². The van der Waals surface area contributed by atoms with E-state index in [1.165, 1.54) is 23.7 Å². The van der Waals surface area contributed by atoms with Gasteiger partial charge in [0.25, 0.3) is 0 Å². The van der Waals surface area contributed by atoms with Gasteiger partial charge < -0.3 is 14.8 Å². The highest BCUT2D eigenvalue weighted by Crippen LogP contribution is 2.36.